The first-order valence-electron chi connectivity index (χ1n) is 21.0. The van der Waals surface area contributed by atoms with Gasteiger partial charge < -0.3 is 29.7 Å². The summed E-state index contributed by atoms with van der Waals surface area (Å²) < 4.78 is 75.8. The number of nitrogens with zero attached hydrogens (tertiary/aromatic N) is 2. The van der Waals surface area contributed by atoms with Crippen molar-refractivity contribution in [3.63, 3.8) is 0 Å². The van der Waals surface area contributed by atoms with E-state index in [0.717, 1.165) is 56.1 Å². The Kier molecular flexibility index (Phi) is 20.3. The summed E-state index contributed by atoms with van der Waals surface area (Å²) in [5.74, 6) is 1.61. The number of amides is 4. The monoisotopic (exact) mass is 892 g/mol. The third-order valence-electron chi connectivity index (χ3n) is 10.5. The van der Waals surface area contributed by atoms with E-state index in [4.69, 9.17) is 9.47 Å². The quantitative estimate of drug-likeness (QED) is 0.218. The summed E-state index contributed by atoms with van der Waals surface area (Å²) in [5.41, 5.74) is -2.45. The van der Waals surface area contributed by atoms with Gasteiger partial charge in [-0.15, -0.1) is 0 Å². The number of alkyl halides is 3. The van der Waals surface area contributed by atoms with Gasteiger partial charge in [-0.05, 0) is 101 Å². The Morgan fingerprint density at radius 3 is 2.33 bits per heavy atom. The van der Waals surface area contributed by atoms with Gasteiger partial charge in [-0.25, -0.2) is 18.2 Å². The zero-order valence-electron chi connectivity index (χ0n) is 37.2. The number of nitrogens with one attached hydrogen (secondary N) is 3. The van der Waals surface area contributed by atoms with Gasteiger partial charge in [0, 0.05) is 49.2 Å². The number of carbonyl (C=O) groups excluding carboxylic acids is 4. The first kappa shape index (κ1) is 52.5. The van der Waals surface area contributed by atoms with Crippen molar-refractivity contribution in [2.75, 3.05) is 26.7 Å². The Labute approximate surface area is 363 Å². The highest BCUT2D eigenvalue weighted by Gasteiger charge is 2.51. The van der Waals surface area contributed by atoms with Crippen molar-refractivity contribution in [1.29, 1.82) is 0 Å². The molecule has 3 N–H and O–H groups in total. The van der Waals surface area contributed by atoms with Crippen molar-refractivity contribution < 1.29 is 59.3 Å². The maximum atomic E-state index is 13.4. The fourth-order valence-corrected chi connectivity index (χ4v) is 7.71. The minimum Gasteiger partial charge on any atom is -0.494 e. The second-order valence-corrected chi connectivity index (χ2v) is 18.0. The largest absolute Gasteiger partial charge is 0.494 e. The number of pyridine rings is 1. The number of sulfonamides is 1. The fraction of sp³-hybridized carbons (Fsp3) is 0.651. The summed E-state index contributed by atoms with van der Waals surface area (Å²) in [4.78, 5) is 53.6. The molecule has 4 amide bonds. The van der Waals surface area contributed by atoms with Crippen molar-refractivity contribution in [3.8, 4) is 11.6 Å². The maximum Gasteiger partial charge on any atom is 0.427 e. The van der Waals surface area contributed by atoms with Gasteiger partial charge in [0.2, 0.25) is 39.2 Å². The van der Waals surface area contributed by atoms with E-state index in [1.807, 2.05) is 61.2 Å². The molecular formula is C43H72F3N5O9S. The molecule has 1 saturated heterocycles. The van der Waals surface area contributed by atoms with Crippen LogP contribution in [-0.4, -0.2) is 97.5 Å². The molecule has 0 spiro atoms. The van der Waals surface area contributed by atoms with Crippen molar-refractivity contribution in [1.82, 2.24) is 25.2 Å². The van der Waals surface area contributed by atoms with Crippen LogP contribution in [0.3, 0.4) is 0 Å². The SMILES string of the molecule is CC.CC(=O)NS(=O)(=O)C1(C)CC1.CCOc1ccc2c(O[C@@H]3C[C@H]4C(=O)NC/C=C\CC[C@@H](C)C[C@@H](CC)CC(=O)N4C3)nccc2c1.CNC(=O)OC(C)(C)C(F)(F)F.[HH].[HH].[HH]. The smallest absolute Gasteiger partial charge is 0.427 e. The number of benzene rings is 1. The number of aromatic nitrogens is 1. The predicted octanol–water partition coefficient (Wildman–Crippen LogP) is 8.34. The molecular weight excluding hydrogens is 820 g/mol. The van der Waals surface area contributed by atoms with Gasteiger partial charge in [-0.1, -0.05) is 46.3 Å². The summed E-state index contributed by atoms with van der Waals surface area (Å²) in [6.07, 6.45) is 6.22. The molecule has 0 unspecified atom stereocenters. The molecule has 4 atom stereocenters. The van der Waals surface area contributed by atoms with Crippen LogP contribution in [0.25, 0.3) is 10.8 Å². The van der Waals surface area contributed by atoms with Crippen LogP contribution in [0.5, 0.6) is 11.6 Å². The highest BCUT2D eigenvalue weighted by atomic mass is 32.2. The average Bonchev–Trinajstić information content (AvgIpc) is 3.82. The zero-order valence-corrected chi connectivity index (χ0v) is 38.1. The topological polar surface area (TPSA) is 182 Å². The van der Waals surface area contributed by atoms with Gasteiger partial charge in [0.25, 0.3) is 0 Å². The van der Waals surface area contributed by atoms with Crippen LogP contribution in [0.2, 0.25) is 0 Å². The molecule has 18 heteroatoms. The molecule has 14 nitrogen and oxygen atoms in total. The van der Waals surface area contributed by atoms with Crippen molar-refractivity contribution in [2.24, 2.45) is 11.8 Å². The minimum absolute atomic E-state index is 0. The van der Waals surface area contributed by atoms with E-state index >= 15 is 0 Å². The molecule has 5 rings (SSSR count). The Bertz CT molecular complexity index is 1920. The van der Waals surface area contributed by atoms with Crippen LogP contribution in [0.15, 0.2) is 42.6 Å². The summed E-state index contributed by atoms with van der Waals surface area (Å²) in [6, 6.07) is 7.23. The number of alkyl carbamates (subject to hydrolysis) is 1. The fourth-order valence-electron chi connectivity index (χ4n) is 6.45. The number of ether oxygens (including phenoxy) is 3. The highest BCUT2D eigenvalue weighted by molar-refractivity contribution is 7.91. The third-order valence-corrected chi connectivity index (χ3v) is 12.7. The van der Waals surface area contributed by atoms with Crippen molar-refractivity contribution in [3.05, 3.63) is 42.6 Å². The molecule has 1 aromatic carbocycles. The number of hydrogen-bond acceptors (Lipinski definition) is 10. The van der Waals surface area contributed by atoms with Crippen LogP contribution in [-0.2, 0) is 29.1 Å². The second-order valence-electron chi connectivity index (χ2n) is 15.8. The molecule has 1 saturated carbocycles. The van der Waals surface area contributed by atoms with E-state index < -0.39 is 44.6 Å². The zero-order chi connectivity index (χ0) is 46.2. The lowest BCUT2D eigenvalue weighted by atomic mass is 9.88. The molecule has 3 heterocycles. The van der Waals surface area contributed by atoms with Gasteiger partial charge in [0.05, 0.1) is 17.9 Å². The lowest BCUT2D eigenvalue weighted by Crippen LogP contribution is -2.46. The van der Waals surface area contributed by atoms with E-state index in [9.17, 15) is 40.8 Å². The van der Waals surface area contributed by atoms with E-state index in [-0.39, 0.29) is 22.2 Å². The lowest BCUT2D eigenvalue weighted by Gasteiger charge is -2.27. The van der Waals surface area contributed by atoms with Gasteiger partial charge in [0.1, 0.15) is 17.9 Å². The number of allylic oxidation sites excluding steroid dienone is 1. The number of fused-ring (bicyclic) bond motifs is 2. The van der Waals surface area contributed by atoms with E-state index in [1.165, 1.54) is 14.0 Å². The minimum atomic E-state index is -4.56. The second kappa shape index (κ2) is 23.6. The van der Waals surface area contributed by atoms with E-state index in [0.29, 0.717) is 63.1 Å². The van der Waals surface area contributed by atoms with Gasteiger partial charge in [-0.3, -0.25) is 19.1 Å². The number of hydrogen-bond donors (Lipinski definition) is 3. The Hall–Kier alpha value is -4.61. The molecule has 61 heavy (non-hydrogen) atoms. The summed E-state index contributed by atoms with van der Waals surface area (Å²) in [7, 11) is -2.20. The molecule has 0 radical (unpaired) electrons. The van der Waals surface area contributed by atoms with Crippen LogP contribution in [0.1, 0.15) is 118 Å². The Morgan fingerprint density at radius 2 is 1.75 bits per heavy atom. The van der Waals surface area contributed by atoms with Gasteiger partial charge in [0.15, 0.2) is 0 Å². The van der Waals surface area contributed by atoms with Gasteiger partial charge >= 0.3 is 12.3 Å². The number of halogens is 3. The van der Waals surface area contributed by atoms with Crippen LogP contribution < -0.4 is 24.8 Å². The summed E-state index contributed by atoms with van der Waals surface area (Å²) in [5, 5.41) is 6.78. The van der Waals surface area contributed by atoms with Crippen LogP contribution in [0, 0.1) is 11.8 Å². The number of rotatable bonds is 8. The molecule has 1 aromatic heterocycles. The van der Waals surface area contributed by atoms with Gasteiger partial charge in [-0.2, -0.15) is 13.2 Å². The predicted molar refractivity (Wildman–Crippen MR) is 235 cm³/mol. The molecule has 2 fully saturated rings. The van der Waals surface area contributed by atoms with Crippen LogP contribution >= 0.6 is 0 Å². The van der Waals surface area contributed by atoms with Crippen molar-refractivity contribution >= 4 is 44.6 Å². The maximum absolute atomic E-state index is 13.4. The molecule has 3 aliphatic rings. The average molecular weight is 892 g/mol. The molecule has 350 valence electrons. The normalized spacial score (nSPS) is 22.1. The van der Waals surface area contributed by atoms with Crippen LogP contribution in [0.4, 0.5) is 18.0 Å². The number of carbonyl (C=O) groups is 4. The van der Waals surface area contributed by atoms with Crippen molar-refractivity contribution in [2.45, 2.75) is 142 Å². The summed E-state index contributed by atoms with van der Waals surface area (Å²) >= 11 is 0. The van der Waals surface area contributed by atoms with E-state index in [2.05, 4.69) is 35.0 Å². The molecule has 2 aliphatic heterocycles. The first-order chi connectivity index (χ1) is 28.6. The highest BCUT2D eigenvalue weighted by Crippen LogP contribution is 2.42. The molecule has 1 aliphatic carbocycles. The summed E-state index contributed by atoms with van der Waals surface area (Å²) in [6.45, 7) is 16.2. The third kappa shape index (κ3) is 16.0. The molecule has 2 aromatic rings. The van der Waals surface area contributed by atoms with E-state index in [1.54, 1.807) is 18.0 Å². The Morgan fingerprint density at radius 1 is 1.08 bits per heavy atom. The lowest BCUT2D eigenvalue weighted by molar-refractivity contribution is -0.243. The standard InChI is InChI=1S/C29H39N3O4.C6H10F3NO2.C6H11NO3S.C2H6.3H2/c1-4-21-15-20(3)9-7-6-8-13-30-28(34)26-18-24(19-32(26)27(33)16-21)36-29-25-11-10-23(35-5-2)17-22(25)12-14-31-29;1-5(2,6(7,8)9)12-4(11)10-3;1-5(8)7-11(9,10)6(2)3-4-6;1-2;;;/h6,8,10-12,14,17,20-21,24,26H,4-5,7,9,13,15-16,18-19H2,1-3H3,(H,30,34);1-3H3,(H,10,11);3-4H2,1-2H3,(H,7,8);1-2H3;3*1H/b8-6-;;;;;;/t20-,21-,24-,26+;;;;;;/m1....../s1. The first-order valence-corrected chi connectivity index (χ1v) is 22.4. The Balaban J connectivity index is 0. The molecule has 0 bridgehead atoms.